The van der Waals surface area contributed by atoms with Crippen molar-refractivity contribution in [1.29, 1.82) is 0 Å². The fraction of sp³-hybridized carbons (Fsp3) is 0.500. The molecule has 0 aliphatic heterocycles. The van der Waals surface area contributed by atoms with Crippen LogP contribution in [0, 0.1) is 0 Å². The molecule has 0 heterocycles. The number of hydrogen-bond donors (Lipinski definition) is 0. The molecule has 0 aromatic rings. The Kier molecular flexibility index (Phi) is 3.09. The van der Waals surface area contributed by atoms with Crippen LogP contribution in [0.1, 0.15) is 32.6 Å². The van der Waals surface area contributed by atoms with E-state index in [0.29, 0.717) is 18.6 Å². The van der Waals surface area contributed by atoms with Crippen molar-refractivity contribution in [2.24, 2.45) is 0 Å². The van der Waals surface area contributed by atoms with Crippen LogP contribution in [-0.2, 0) is 4.79 Å². The van der Waals surface area contributed by atoms with E-state index in [9.17, 15) is 4.79 Å². The molecule has 0 N–H and O–H groups in total. The lowest BCUT2D eigenvalue weighted by atomic mass is 9.99. The maximum atomic E-state index is 11.0. The standard InChI is InChI=1S/C10H14O/c1-2-10(11)8-9-6-4-3-5-7-9/h3-4,6H,2,5,7-8H2,1H3. The van der Waals surface area contributed by atoms with E-state index in [1.54, 1.807) is 0 Å². The second-order valence-corrected chi connectivity index (χ2v) is 2.86. The summed E-state index contributed by atoms with van der Waals surface area (Å²) in [5.41, 5.74) is 1.29. The molecule has 60 valence electrons. The largest absolute Gasteiger partial charge is 0.299 e. The van der Waals surface area contributed by atoms with Gasteiger partial charge in [-0.2, -0.15) is 0 Å². The minimum absolute atomic E-state index is 0.353. The number of carbonyl (C=O) groups is 1. The van der Waals surface area contributed by atoms with Crippen LogP contribution < -0.4 is 0 Å². The highest BCUT2D eigenvalue weighted by Gasteiger charge is 2.04. The smallest absolute Gasteiger partial charge is 0.136 e. The molecule has 1 aliphatic carbocycles. The Morgan fingerprint density at radius 2 is 2.45 bits per heavy atom. The summed E-state index contributed by atoms with van der Waals surface area (Å²) in [5, 5.41) is 0. The van der Waals surface area contributed by atoms with Crippen molar-refractivity contribution in [2.45, 2.75) is 32.6 Å². The summed E-state index contributed by atoms with van der Waals surface area (Å²) in [5.74, 6) is 0.353. The second-order valence-electron chi connectivity index (χ2n) is 2.86. The topological polar surface area (TPSA) is 17.1 Å². The van der Waals surface area contributed by atoms with Crippen molar-refractivity contribution in [3.05, 3.63) is 23.8 Å². The molecule has 0 bridgehead atoms. The van der Waals surface area contributed by atoms with E-state index in [1.807, 2.05) is 13.0 Å². The fourth-order valence-electron chi connectivity index (χ4n) is 1.18. The van der Waals surface area contributed by atoms with E-state index in [0.717, 1.165) is 12.8 Å². The first-order valence-corrected chi connectivity index (χ1v) is 4.19. The van der Waals surface area contributed by atoms with Gasteiger partial charge in [0.2, 0.25) is 0 Å². The van der Waals surface area contributed by atoms with Crippen LogP contribution in [0.2, 0.25) is 0 Å². The lowest BCUT2D eigenvalue weighted by molar-refractivity contribution is -0.118. The van der Waals surface area contributed by atoms with Gasteiger partial charge in [0.25, 0.3) is 0 Å². The minimum atomic E-state index is 0.353. The number of hydrogen-bond acceptors (Lipinski definition) is 1. The van der Waals surface area contributed by atoms with Gasteiger partial charge in [-0.15, -0.1) is 0 Å². The Balaban J connectivity index is 2.42. The molecule has 0 fully saturated rings. The van der Waals surface area contributed by atoms with Crippen molar-refractivity contribution in [1.82, 2.24) is 0 Å². The Hall–Kier alpha value is -0.850. The van der Waals surface area contributed by atoms with Gasteiger partial charge in [0.15, 0.2) is 0 Å². The van der Waals surface area contributed by atoms with Gasteiger partial charge in [0.05, 0.1) is 0 Å². The molecule has 0 unspecified atom stereocenters. The number of ketones is 1. The summed E-state index contributed by atoms with van der Waals surface area (Å²) in [4.78, 5) is 11.0. The van der Waals surface area contributed by atoms with E-state index >= 15 is 0 Å². The molecule has 0 atom stereocenters. The van der Waals surface area contributed by atoms with E-state index in [1.165, 1.54) is 5.57 Å². The van der Waals surface area contributed by atoms with Crippen molar-refractivity contribution >= 4 is 5.78 Å². The van der Waals surface area contributed by atoms with E-state index in [2.05, 4.69) is 12.2 Å². The van der Waals surface area contributed by atoms with E-state index in [-0.39, 0.29) is 0 Å². The summed E-state index contributed by atoms with van der Waals surface area (Å²) in [6.45, 7) is 1.92. The number of carbonyl (C=O) groups excluding carboxylic acids is 1. The first-order chi connectivity index (χ1) is 5.33. The molecule has 0 spiro atoms. The average molecular weight is 150 g/mol. The maximum Gasteiger partial charge on any atom is 0.136 e. The van der Waals surface area contributed by atoms with Crippen LogP contribution in [0.5, 0.6) is 0 Å². The second kappa shape index (κ2) is 4.12. The molecule has 11 heavy (non-hydrogen) atoms. The van der Waals surface area contributed by atoms with Crippen molar-refractivity contribution in [2.75, 3.05) is 0 Å². The third-order valence-corrected chi connectivity index (χ3v) is 1.92. The Labute approximate surface area is 67.8 Å². The SMILES string of the molecule is CCC(=O)CC1=CC=CCC1. The lowest BCUT2D eigenvalue weighted by Gasteiger charge is -2.06. The highest BCUT2D eigenvalue weighted by Crippen LogP contribution is 2.15. The zero-order valence-electron chi connectivity index (χ0n) is 6.97. The molecule has 0 aromatic carbocycles. The minimum Gasteiger partial charge on any atom is -0.299 e. The predicted octanol–water partition coefficient (Wildman–Crippen LogP) is 2.63. The third-order valence-electron chi connectivity index (χ3n) is 1.92. The molecule has 1 nitrogen and oxygen atoms in total. The molecule has 0 radical (unpaired) electrons. The first-order valence-electron chi connectivity index (χ1n) is 4.19. The maximum absolute atomic E-state index is 11.0. The highest BCUT2D eigenvalue weighted by molar-refractivity contribution is 5.80. The highest BCUT2D eigenvalue weighted by atomic mass is 16.1. The van der Waals surface area contributed by atoms with Crippen molar-refractivity contribution in [3.8, 4) is 0 Å². The lowest BCUT2D eigenvalue weighted by Crippen LogP contribution is -1.98. The summed E-state index contributed by atoms with van der Waals surface area (Å²) in [6.07, 6.45) is 9.76. The molecule has 0 saturated heterocycles. The number of rotatable bonds is 3. The van der Waals surface area contributed by atoms with Crippen LogP contribution in [0.4, 0.5) is 0 Å². The van der Waals surface area contributed by atoms with Gasteiger partial charge in [0, 0.05) is 12.8 Å². The van der Waals surface area contributed by atoms with Crippen molar-refractivity contribution < 1.29 is 4.79 Å². The predicted molar refractivity (Wildman–Crippen MR) is 46.4 cm³/mol. The average Bonchev–Trinajstić information content (AvgIpc) is 2.06. The number of allylic oxidation sites excluding steroid dienone is 4. The van der Waals surface area contributed by atoms with Crippen LogP contribution >= 0.6 is 0 Å². The molecular formula is C10H14O. The molecule has 0 saturated carbocycles. The van der Waals surface area contributed by atoms with Gasteiger partial charge in [-0.3, -0.25) is 4.79 Å². The molecule has 1 aliphatic rings. The monoisotopic (exact) mass is 150 g/mol. The van der Waals surface area contributed by atoms with Crippen molar-refractivity contribution in [3.63, 3.8) is 0 Å². The first kappa shape index (κ1) is 8.25. The van der Waals surface area contributed by atoms with Crippen LogP contribution in [0.3, 0.4) is 0 Å². The Morgan fingerprint density at radius 1 is 1.64 bits per heavy atom. The Bertz CT molecular complexity index is 199. The number of Topliss-reactive ketones (excluding diaryl/α,β-unsaturated/α-hetero) is 1. The van der Waals surface area contributed by atoms with Gasteiger partial charge >= 0.3 is 0 Å². The van der Waals surface area contributed by atoms with Gasteiger partial charge in [-0.1, -0.05) is 30.7 Å². The summed E-state index contributed by atoms with van der Waals surface area (Å²) in [7, 11) is 0. The zero-order chi connectivity index (χ0) is 8.10. The van der Waals surface area contributed by atoms with Gasteiger partial charge < -0.3 is 0 Å². The molecular weight excluding hydrogens is 136 g/mol. The molecule has 0 amide bonds. The zero-order valence-corrected chi connectivity index (χ0v) is 6.97. The normalized spacial score (nSPS) is 16.3. The summed E-state index contributed by atoms with van der Waals surface area (Å²) in [6, 6.07) is 0. The summed E-state index contributed by atoms with van der Waals surface area (Å²) >= 11 is 0. The fourth-order valence-corrected chi connectivity index (χ4v) is 1.18. The van der Waals surface area contributed by atoms with E-state index < -0.39 is 0 Å². The quantitative estimate of drug-likeness (QED) is 0.604. The van der Waals surface area contributed by atoms with Crippen LogP contribution in [-0.4, -0.2) is 5.78 Å². The van der Waals surface area contributed by atoms with E-state index in [4.69, 9.17) is 0 Å². The van der Waals surface area contributed by atoms with Gasteiger partial charge in [-0.25, -0.2) is 0 Å². The van der Waals surface area contributed by atoms with Crippen LogP contribution in [0.15, 0.2) is 23.8 Å². The third kappa shape index (κ3) is 2.71. The Morgan fingerprint density at radius 3 is 3.00 bits per heavy atom. The molecule has 1 heteroatoms. The van der Waals surface area contributed by atoms with Gasteiger partial charge in [0.1, 0.15) is 5.78 Å². The molecule has 1 rings (SSSR count). The molecule has 0 aromatic heterocycles. The van der Waals surface area contributed by atoms with Crippen LogP contribution in [0.25, 0.3) is 0 Å². The summed E-state index contributed by atoms with van der Waals surface area (Å²) < 4.78 is 0. The van der Waals surface area contributed by atoms with Gasteiger partial charge in [-0.05, 0) is 12.8 Å².